The number of carbonyl (C=O) groups is 1. The second-order valence-corrected chi connectivity index (χ2v) is 7.39. The Bertz CT molecular complexity index is 336. The molecule has 4 unspecified atom stereocenters. The summed E-state index contributed by atoms with van der Waals surface area (Å²) >= 11 is 0. The Labute approximate surface area is 117 Å². The van der Waals surface area contributed by atoms with Crippen LogP contribution in [0.4, 0.5) is 0 Å². The van der Waals surface area contributed by atoms with Crippen molar-refractivity contribution < 1.29 is 4.79 Å². The SMILES string of the molecule is CC(NC(=O)C1CCC(N)C(C)C1(C)C)C1CCC1. The number of nitrogens with one attached hydrogen (secondary N) is 1. The third kappa shape index (κ3) is 2.81. The van der Waals surface area contributed by atoms with E-state index in [0.717, 1.165) is 12.8 Å². The quantitative estimate of drug-likeness (QED) is 0.825. The van der Waals surface area contributed by atoms with Crippen LogP contribution in [0.15, 0.2) is 0 Å². The largest absolute Gasteiger partial charge is 0.353 e. The maximum atomic E-state index is 12.6. The first-order valence-corrected chi connectivity index (χ1v) is 7.90. The molecule has 1 amide bonds. The Morgan fingerprint density at radius 2 is 1.89 bits per heavy atom. The Kier molecular flexibility index (Phi) is 4.24. The highest BCUT2D eigenvalue weighted by molar-refractivity contribution is 5.80. The lowest BCUT2D eigenvalue weighted by Crippen LogP contribution is -2.53. The highest BCUT2D eigenvalue weighted by Crippen LogP contribution is 2.44. The van der Waals surface area contributed by atoms with Gasteiger partial charge in [0.25, 0.3) is 0 Å². The maximum Gasteiger partial charge on any atom is 0.223 e. The van der Waals surface area contributed by atoms with Crippen molar-refractivity contribution in [3.63, 3.8) is 0 Å². The summed E-state index contributed by atoms with van der Waals surface area (Å²) in [5.41, 5.74) is 6.17. The Balaban J connectivity index is 1.97. The van der Waals surface area contributed by atoms with Crippen LogP contribution in [0.1, 0.15) is 59.8 Å². The van der Waals surface area contributed by atoms with E-state index in [9.17, 15) is 4.79 Å². The van der Waals surface area contributed by atoms with Crippen LogP contribution in [0.3, 0.4) is 0 Å². The molecule has 0 spiro atoms. The van der Waals surface area contributed by atoms with Gasteiger partial charge in [-0.05, 0) is 49.9 Å². The summed E-state index contributed by atoms with van der Waals surface area (Å²) in [7, 11) is 0. The van der Waals surface area contributed by atoms with Crippen LogP contribution < -0.4 is 11.1 Å². The summed E-state index contributed by atoms with van der Waals surface area (Å²) < 4.78 is 0. The van der Waals surface area contributed by atoms with Crippen molar-refractivity contribution in [2.24, 2.45) is 28.9 Å². The predicted octanol–water partition coefficient (Wildman–Crippen LogP) is 2.69. The lowest BCUT2D eigenvalue weighted by atomic mass is 9.61. The number of hydrogen-bond donors (Lipinski definition) is 2. The van der Waals surface area contributed by atoms with E-state index >= 15 is 0 Å². The third-order valence-corrected chi connectivity index (χ3v) is 6.05. The molecule has 0 bridgehead atoms. The Hall–Kier alpha value is -0.570. The van der Waals surface area contributed by atoms with Gasteiger partial charge in [0.2, 0.25) is 5.91 Å². The van der Waals surface area contributed by atoms with E-state index in [0.29, 0.717) is 17.9 Å². The number of amides is 1. The van der Waals surface area contributed by atoms with Crippen molar-refractivity contribution in [3.8, 4) is 0 Å². The molecule has 0 aromatic heterocycles. The number of carbonyl (C=O) groups excluding carboxylic acids is 1. The van der Waals surface area contributed by atoms with Crippen LogP contribution in [0.2, 0.25) is 0 Å². The monoisotopic (exact) mass is 266 g/mol. The zero-order valence-corrected chi connectivity index (χ0v) is 12.9. The normalized spacial score (nSPS) is 36.4. The van der Waals surface area contributed by atoms with E-state index < -0.39 is 0 Å². The van der Waals surface area contributed by atoms with Crippen molar-refractivity contribution in [2.45, 2.75) is 71.9 Å². The molecule has 110 valence electrons. The maximum absolute atomic E-state index is 12.6. The van der Waals surface area contributed by atoms with Crippen LogP contribution in [0, 0.1) is 23.2 Å². The van der Waals surface area contributed by atoms with E-state index in [1.165, 1.54) is 19.3 Å². The molecule has 2 rings (SSSR count). The standard InChI is InChI=1S/C16H30N2O/c1-10-14(17)9-8-13(16(10,3)4)15(19)18-11(2)12-6-5-7-12/h10-14H,5-9,17H2,1-4H3,(H,18,19). The molecule has 0 radical (unpaired) electrons. The summed E-state index contributed by atoms with van der Waals surface area (Å²) in [5.74, 6) is 1.47. The molecule has 0 saturated heterocycles. The summed E-state index contributed by atoms with van der Waals surface area (Å²) in [5, 5.41) is 3.26. The van der Waals surface area contributed by atoms with Gasteiger partial charge in [-0.2, -0.15) is 0 Å². The molecule has 3 N–H and O–H groups in total. The fourth-order valence-corrected chi connectivity index (χ4v) is 3.70. The second kappa shape index (κ2) is 5.43. The number of rotatable bonds is 3. The van der Waals surface area contributed by atoms with E-state index in [-0.39, 0.29) is 23.3 Å². The zero-order valence-electron chi connectivity index (χ0n) is 12.9. The average molecular weight is 266 g/mol. The molecule has 19 heavy (non-hydrogen) atoms. The van der Waals surface area contributed by atoms with Gasteiger partial charge >= 0.3 is 0 Å². The summed E-state index contributed by atoms with van der Waals surface area (Å²) in [6.45, 7) is 8.76. The van der Waals surface area contributed by atoms with Gasteiger partial charge in [-0.25, -0.2) is 0 Å². The molecule has 2 aliphatic rings. The van der Waals surface area contributed by atoms with Gasteiger partial charge in [-0.15, -0.1) is 0 Å². The molecule has 0 aliphatic heterocycles. The lowest BCUT2D eigenvalue weighted by molar-refractivity contribution is -0.133. The fourth-order valence-electron chi connectivity index (χ4n) is 3.70. The van der Waals surface area contributed by atoms with E-state index in [1.807, 2.05) is 0 Å². The van der Waals surface area contributed by atoms with Crippen molar-refractivity contribution in [1.82, 2.24) is 5.32 Å². The third-order valence-electron chi connectivity index (χ3n) is 6.05. The van der Waals surface area contributed by atoms with Crippen molar-refractivity contribution in [2.75, 3.05) is 0 Å². The van der Waals surface area contributed by atoms with Gasteiger partial charge in [-0.3, -0.25) is 4.79 Å². The van der Waals surface area contributed by atoms with Crippen LogP contribution >= 0.6 is 0 Å². The smallest absolute Gasteiger partial charge is 0.223 e. The van der Waals surface area contributed by atoms with Gasteiger partial charge in [-0.1, -0.05) is 27.2 Å². The van der Waals surface area contributed by atoms with Crippen molar-refractivity contribution in [3.05, 3.63) is 0 Å². The lowest BCUT2D eigenvalue weighted by Gasteiger charge is -2.46. The Morgan fingerprint density at radius 3 is 2.42 bits per heavy atom. The van der Waals surface area contributed by atoms with Crippen LogP contribution in [0.25, 0.3) is 0 Å². The highest BCUT2D eigenvalue weighted by atomic mass is 16.2. The second-order valence-electron chi connectivity index (χ2n) is 7.39. The molecule has 3 heteroatoms. The van der Waals surface area contributed by atoms with Crippen molar-refractivity contribution in [1.29, 1.82) is 0 Å². The molecule has 4 atom stereocenters. The summed E-state index contributed by atoms with van der Waals surface area (Å²) in [6, 6.07) is 0.575. The highest BCUT2D eigenvalue weighted by Gasteiger charge is 2.45. The van der Waals surface area contributed by atoms with Gasteiger partial charge in [0.15, 0.2) is 0 Å². The van der Waals surface area contributed by atoms with Crippen LogP contribution in [-0.4, -0.2) is 18.0 Å². The Morgan fingerprint density at radius 1 is 1.26 bits per heavy atom. The number of hydrogen-bond acceptors (Lipinski definition) is 2. The molecule has 0 aromatic carbocycles. The van der Waals surface area contributed by atoms with Crippen LogP contribution in [-0.2, 0) is 4.79 Å². The van der Waals surface area contributed by atoms with Gasteiger partial charge in [0.05, 0.1) is 0 Å². The average Bonchev–Trinajstić information content (AvgIpc) is 2.23. The predicted molar refractivity (Wildman–Crippen MR) is 78.6 cm³/mol. The fraction of sp³-hybridized carbons (Fsp3) is 0.938. The first kappa shape index (κ1) is 14.8. The van der Waals surface area contributed by atoms with Crippen molar-refractivity contribution >= 4 is 5.91 Å². The summed E-state index contributed by atoms with van der Waals surface area (Å²) in [4.78, 5) is 12.6. The van der Waals surface area contributed by atoms with Gasteiger partial charge in [0, 0.05) is 18.0 Å². The molecular formula is C16H30N2O. The zero-order chi connectivity index (χ0) is 14.2. The molecule has 3 nitrogen and oxygen atoms in total. The topological polar surface area (TPSA) is 55.1 Å². The van der Waals surface area contributed by atoms with Gasteiger partial charge in [0.1, 0.15) is 0 Å². The van der Waals surface area contributed by atoms with Crippen LogP contribution in [0.5, 0.6) is 0 Å². The van der Waals surface area contributed by atoms with E-state index in [4.69, 9.17) is 5.73 Å². The summed E-state index contributed by atoms with van der Waals surface area (Å²) in [6.07, 6.45) is 5.78. The minimum absolute atomic E-state index is 0.00107. The molecule has 0 heterocycles. The minimum atomic E-state index is 0.00107. The molecule has 2 fully saturated rings. The number of nitrogens with two attached hydrogens (primary N) is 1. The minimum Gasteiger partial charge on any atom is -0.353 e. The molecule has 2 saturated carbocycles. The van der Waals surface area contributed by atoms with Gasteiger partial charge < -0.3 is 11.1 Å². The first-order chi connectivity index (χ1) is 8.84. The first-order valence-electron chi connectivity index (χ1n) is 7.90. The molecular weight excluding hydrogens is 236 g/mol. The van der Waals surface area contributed by atoms with E-state index in [1.54, 1.807) is 0 Å². The van der Waals surface area contributed by atoms with E-state index in [2.05, 4.69) is 33.0 Å². The molecule has 0 aromatic rings. The molecule has 2 aliphatic carbocycles.